The average Bonchev–Trinajstić information content (AvgIpc) is 2.70. The zero-order chi connectivity index (χ0) is 20.9. The number of rotatable bonds is 6. The first-order valence-corrected chi connectivity index (χ1v) is 12.8. The van der Waals surface area contributed by atoms with Crippen LogP contribution in [0.5, 0.6) is 0 Å². The molecule has 0 saturated heterocycles. The quantitative estimate of drug-likeness (QED) is 0.478. The van der Waals surface area contributed by atoms with Crippen molar-refractivity contribution < 1.29 is 17.2 Å². The Hall–Kier alpha value is -1.55. The van der Waals surface area contributed by atoms with Gasteiger partial charge in [-0.2, -0.15) is 8.42 Å². The van der Waals surface area contributed by atoms with E-state index in [2.05, 4.69) is 13.8 Å². The number of fused-ring (bicyclic) bond motifs is 2. The molecule has 3 aliphatic carbocycles. The fraction of sp³-hybridized carbons (Fsp3) is 0.478. The molecule has 0 radical (unpaired) electrons. The lowest BCUT2D eigenvalue weighted by molar-refractivity contribution is -0.160. The van der Waals surface area contributed by atoms with E-state index in [0.29, 0.717) is 12.3 Å². The Morgan fingerprint density at radius 2 is 1.48 bits per heavy atom. The van der Waals surface area contributed by atoms with Crippen LogP contribution in [0.1, 0.15) is 37.8 Å². The average molecular weight is 432 g/mol. The van der Waals surface area contributed by atoms with Crippen LogP contribution in [-0.4, -0.2) is 20.8 Å². The Balaban J connectivity index is 1.95. The molecule has 0 aromatic heterocycles. The first-order valence-electron chi connectivity index (χ1n) is 10.1. The molecule has 0 spiro atoms. The van der Waals surface area contributed by atoms with Crippen molar-refractivity contribution in [3.05, 3.63) is 71.8 Å². The van der Waals surface area contributed by atoms with Gasteiger partial charge >= 0.3 is 8.46 Å². The molecule has 3 unspecified atom stereocenters. The molecule has 154 valence electrons. The molecule has 2 aromatic rings. The van der Waals surface area contributed by atoms with Gasteiger partial charge in [-0.1, -0.05) is 79.1 Å². The lowest BCUT2D eigenvalue weighted by atomic mass is 9.42. The van der Waals surface area contributed by atoms with Crippen LogP contribution in [0.2, 0.25) is 0 Å². The topological polar surface area (TPSA) is 60.4 Å². The molecule has 29 heavy (non-hydrogen) atoms. The molecule has 5 atom stereocenters. The molecule has 3 fully saturated rings. The second-order valence-electron chi connectivity index (χ2n) is 9.10. The molecular weight excluding hydrogens is 403 g/mol. The molecule has 2 bridgehead atoms. The number of hydrogen-bond donors (Lipinski definition) is 0. The standard InChI is InChI=1S/C23H27O4PS/c1-22(2)18-14-19(22)21(20(15-18)27-29(3,25)26)23(28-24,16-10-6-4-7-11-16)17-12-8-5-9-13-17/h4-13,18-21H,14-15H2,1-3H3/p+1/t18?,19?,20-,21+/m1/s1. The molecule has 5 rings (SSSR count). The lowest BCUT2D eigenvalue weighted by Gasteiger charge is -2.63. The Labute approximate surface area is 175 Å². The van der Waals surface area contributed by atoms with Gasteiger partial charge in [0.2, 0.25) is 5.16 Å². The summed E-state index contributed by atoms with van der Waals surface area (Å²) in [5.41, 5.74) is 1.97. The summed E-state index contributed by atoms with van der Waals surface area (Å²) in [6.07, 6.45) is 2.32. The van der Waals surface area contributed by atoms with E-state index < -0.39 is 29.8 Å². The summed E-state index contributed by atoms with van der Waals surface area (Å²) in [5.74, 6) is 0.461. The fourth-order valence-electron chi connectivity index (χ4n) is 5.80. The summed E-state index contributed by atoms with van der Waals surface area (Å²) in [5, 5.41) is -0.814. The SMILES string of the molecule is CC1(C)C2CC1[C@H](C([PH+]=O)(c1ccccc1)c1ccccc1)[C@H](OS(C)(=O)=O)C2. The van der Waals surface area contributed by atoms with Crippen LogP contribution in [0, 0.1) is 23.2 Å². The van der Waals surface area contributed by atoms with Crippen molar-refractivity contribution in [2.24, 2.45) is 23.2 Å². The van der Waals surface area contributed by atoms with E-state index >= 15 is 0 Å². The minimum atomic E-state index is -3.63. The van der Waals surface area contributed by atoms with Crippen molar-refractivity contribution >= 4 is 18.6 Å². The van der Waals surface area contributed by atoms with E-state index in [-0.39, 0.29) is 17.3 Å². The fourth-order valence-corrected chi connectivity index (χ4v) is 7.54. The third-order valence-corrected chi connectivity index (χ3v) is 9.14. The van der Waals surface area contributed by atoms with Crippen LogP contribution >= 0.6 is 8.46 Å². The van der Waals surface area contributed by atoms with Crippen LogP contribution in [-0.2, 0) is 24.0 Å². The molecule has 0 aliphatic heterocycles. The van der Waals surface area contributed by atoms with Gasteiger partial charge < -0.3 is 0 Å². The zero-order valence-electron chi connectivity index (χ0n) is 17.0. The van der Waals surface area contributed by atoms with Crippen LogP contribution in [0.25, 0.3) is 0 Å². The normalized spacial score (nSPS) is 28.7. The van der Waals surface area contributed by atoms with E-state index in [0.717, 1.165) is 23.8 Å². The highest BCUT2D eigenvalue weighted by Crippen LogP contribution is 2.68. The lowest BCUT2D eigenvalue weighted by Crippen LogP contribution is -2.62. The molecule has 3 saturated carbocycles. The minimum absolute atomic E-state index is 0.0660. The smallest absolute Gasteiger partial charge is 0.266 e. The molecule has 6 heteroatoms. The van der Waals surface area contributed by atoms with Crippen molar-refractivity contribution in [2.45, 2.75) is 37.9 Å². The molecule has 0 heterocycles. The maximum atomic E-state index is 13.2. The summed E-state index contributed by atoms with van der Waals surface area (Å²) in [6, 6.07) is 19.7. The predicted molar refractivity (Wildman–Crippen MR) is 116 cm³/mol. The van der Waals surface area contributed by atoms with Crippen molar-refractivity contribution in [1.82, 2.24) is 0 Å². The second-order valence-corrected chi connectivity index (χ2v) is 11.7. The van der Waals surface area contributed by atoms with Gasteiger partial charge in [0.15, 0.2) is 0 Å². The third kappa shape index (κ3) is 3.37. The van der Waals surface area contributed by atoms with Gasteiger partial charge in [-0.05, 0) is 30.1 Å². The van der Waals surface area contributed by atoms with Gasteiger partial charge in [-0.3, -0.25) is 4.18 Å². The summed E-state index contributed by atoms with van der Waals surface area (Å²) >= 11 is 0. The van der Waals surface area contributed by atoms with Gasteiger partial charge in [-0.15, -0.1) is 0 Å². The van der Waals surface area contributed by atoms with Crippen molar-refractivity contribution in [2.75, 3.05) is 6.26 Å². The number of hydrogen-bond acceptors (Lipinski definition) is 4. The molecule has 3 aliphatic rings. The Bertz CT molecular complexity index is 949. The second kappa shape index (κ2) is 7.30. The zero-order valence-corrected chi connectivity index (χ0v) is 18.9. The van der Waals surface area contributed by atoms with Crippen LogP contribution < -0.4 is 0 Å². The molecular formula is C23H28O4PS+. The molecule has 0 amide bonds. The van der Waals surface area contributed by atoms with Crippen LogP contribution in [0.3, 0.4) is 0 Å². The summed E-state index contributed by atoms with van der Waals surface area (Å²) in [4.78, 5) is 0. The minimum Gasteiger partial charge on any atom is -0.266 e. The molecule has 4 nitrogen and oxygen atoms in total. The van der Waals surface area contributed by atoms with E-state index in [1.165, 1.54) is 0 Å². The maximum absolute atomic E-state index is 13.2. The Kier molecular flexibility index (Phi) is 5.21. The highest BCUT2D eigenvalue weighted by molar-refractivity contribution is 7.86. The van der Waals surface area contributed by atoms with Gasteiger partial charge in [0, 0.05) is 17.0 Å². The summed E-state index contributed by atoms with van der Waals surface area (Å²) in [7, 11) is -4.29. The van der Waals surface area contributed by atoms with Gasteiger partial charge in [-0.25, -0.2) is 0 Å². The number of benzene rings is 2. The van der Waals surface area contributed by atoms with E-state index in [1.54, 1.807) is 0 Å². The Morgan fingerprint density at radius 3 is 1.90 bits per heavy atom. The van der Waals surface area contributed by atoms with E-state index in [9.17, 15) is 13.0 Å². The highest BCUT2D eigenvalue weighted by Gasteiger charge is 2.67. The van der Waals surface area contributed by atoms with Crippen molar-refractivity contribution in [3.63, 3.8) is 0 Å². The van der Waals surface area contributed by atoms with Crippen molar-refractivity contribution in [1.29, 1.82) is 0 Å². The highest BCUT2D eigenvalue weighted by atomic mass is 32.2. The Morgan fingerprint density at radius 1 is 0.966 bits per heavy atom. The first-order chi connectivity index (χ1) is 13.7. The monoisotopic (exact) mass is 431 g/mol. The van der Waals surface area contributed by atoms with Crippen molar-refractivity contribution in [3.8, 4) is 0 Å². The maximum Gasteiger partial charge on any atom is 0.341 e. The van der Waals surface area contributed by atoms with Gasteiger partial charge in [0.1, 0.15) is 0 Å². The first kappa shape index (κ1) is 20.7. The van der Waals surface area contributed by atoms with E-state index in [4.69, 9.17) is 4.18 Å². The van der Waals surface area contributed by atoms with Gasteiger partial charge in [0.25, 0.3) is 10.1 Å². The predicted octanol–water partition coefficient (Wildman–Crippen LogP) is 4.98. The van der Waals surface area contributed by atoms with Gasteiger partial charge in [0.05, 0.1) is 12.4 Å². The molecule has 2 aromatic carbocycles. The summed E-state index contributed by atoms with van der Waals surface area (Å²) < 4.78 is 43.1. The van der Waals surface area contributed by atoms with Crippen LogP contribution in [0.15, 0.2) is 60.7 Å². The largest absolute Gasteiger partial charge is 0.341 e. The molecule has 0 N–H and O–H groups in total. The summed E-state index contributed by atoms with van der Waals surface area (Å²) in [6.45, 7) is 4.51. The van der Waals surface area contributed by atoms with Crippen LogP contribution in [0.4, 0.5) is 0 Å². The third-order valence-electron chi connectivity index (χ3n) is 7.31. The van der Waals surface area contributed by atoms with E-state index in [1.807, 2.05) is 60.7 Å².